The third-order valence-electron chi connectivity index (χ3n) is 7.43. The Hall–Kier alpha value is -0.460. The second-order valence-corrected chi connectivity index (χ2v) is 10.6. The van der Waals surface area contributed by atoms with Crippen molar-refractivity contribution in [2.24, 2.45) is 0 Å². The number of hydrogen-bond acceptors (Lipinski definition) is 1. The predicted molar refractivity (Wildman–Crippen MR) is 144 cm³/mol. The standard InChI is InChI=1S/C31H60O/c1-4-7-10-13-16-19-26-30(27-20-17-14-11-8-5-2)32-31(29-24-22-23-25-29)28-21-18-15-12-9-6-3/h30H,4-28H2,1-3H3. The van der Waals surface area contributed by atoms with Crippen LogP contribution in [0.2, 0.25) is 0 Å². The molecule has 0 aromatic carbocycles. The van der Waals surface area contributed by atoms with E-state index in [-0.39, 0.29) is 0 Å². The van der Waals surface area contributed by atoms with Crippen LogP contribution in [0.1, 0.15) is 181 Å². The third kappa shape index (κ3) is 16.2. The summed E-state index contributed by atoms with van der Waals surface area (Å²) in [7, 11) is 0. The highest BCUT2D eigenvalue weighted by molar-refractivity contribution is 5.12. The molecule has 1 rings (SSSR count). The molecule has 1 heteroatoms. The molecule has 0 N–H and O–H groups in total. The van der Waals surface area contributed by atoms with Gasteiger partial charge in [0, 0.05) is 6.42 Å². The number of rotatable bonds is 23. The predicted octanol–water partition coefficient (Wildman–Crippen LogP) is 11.5. The fourth-order valence-electron chi connectivity index (χ4n) is 5.23. The van der Waals surface area contributed by atoms with Gasteiger partial charge >= 0.3 is 0 Å². The number of hydrogen-bond donors (Lipinski definition) is 0. The SMILES string of the molecule is CCCCCCCCC(OC(CCCCCCCC)CCCCCCCC)=C1CCCC1. The van der Waals surface area contributed by atoms with Crippen LogP contribution in [-0.2, 0) is 4.74 Å². The number of unbranched alkanes of at least 4 members (excludes halogenated alkanes) is 15. The van der Waals surface area contributed by atoms with Crippen LogP contribution in [0, 0.1) is 0 Å². The van der Waals surface area contributed by atoms with Gasteiger partial charge in [-0.25, -0.2) is 0 Å². The Labute approximate surface area is 203 Å². The van der Waals surface area contributed by atoms with Gasteiger partial charge in [0.25, 0.3) is 0 Å². The molecule has 32 heavy (non-hydrogen) atoms. The van der Waals surface area contributed by atoms with E-state index in [1.54, 1.807) is 5.57 Å². The summed E-state index contributed by atoms with van der Waals surface area (Å²) in [4.78, 5) is 0. The highest BCUT2D eigenvalue weighted by Crippen LogP contribution is 2.32. The molecule has 190 valence electrons. The molecule has 0 unspecified atom stereocenters. The Morgan fingerprint density at radius 1 is 0.562 bits per heavy atom. The van der Waals surface area contributed by atoms with Gasteiger partial charge in [0.15, 0.2) is 0 Å². The molecule has 0 saturated heterocycles. The number of ether oxygens (including phenoxy) is 1. The second-order valence-electron chi connectivity index (χ2n) is 10.6. The molecule has 0 radical (unpaired) electrons. The van der Waals surface area contributed by atoms with Crippen molar-refractivity contribution in [3.05, 3.63) is 11.3 Å². The average molecular weight is 449 g/mol. The molecule has 1 aliphatic rings. The molecule has 0 aliphatic heterocycles. The summed E-state index contributed by atoms with van der Waals surface area (Å²) in [5.41, 5.74) is 1.69. The van der Waals surface area contributed by atoms with Gasteiger partial charge in [-0.05, 0) is 63.4 Å². The Bertz CT molecular complexity index is 400. The Kier molecular flexibility index (Phi) is 20.6. The maximum absolute atomic E-state index is 6.90. The molecular formula is C31H60O. The maximum atomic E-state index is 6.90. The fraction of sp³-hybridized carbons (Fsp3) is 0.935. The van der Waals surface area contributed by atoms with Crippen molar-refractivity contribution >= 4 is 0 Å². The fourth-order valence-corrected chi connectivity index (χ4v) is 5.23. The zero-order valence-electron chi connectivity index (χ0n) is 22.7. The second kappa shape index (κ2) is 22.3. The van der Waals surface area contributed by atoms with Gasteiger partial charge in [0.2, 0.25) is 0 Å². The van der Waals surface area contributed by atoms with E-state index in [0.29, 0.717) is 6.10 Å². The summed E-state index contributed by atoms with van der Waals surface area (Å²) < 4.78 is 6.90. The van der Waals surface area contributed by atoms with Crippen molar-refractivity contribution in [1.82, 2.24) is 0 Å². The summed E-state index contributed by atoms with van der Waals surface area (Å²) in [6.07, 6.45) is 34.7. The third-order valence-corrected chi connectivity index (χ3v) is 7.43. The molecule has 1 nitrogen and oxygen atoms in total. The van der Waals surface area contributed by atoms with Gasteiger partial charge in [0.05, 0.1) is 11.9 Å². The van der Waals surface area contributed by atoms with E-state index >= 15 is 0 Å². The lowest BCUT2D eigenvalue weighted by Gasteiger charge is -2.23. The minimum Gasteiger partial charge on any atom is -0.495 e. The Balaban J connectivity index is 2.51. The van der Waals surface area contributed by atoms with Gasteiger partial charge in [-0.2, -0.15) is 0 Å². The van der Waals surface area contributed by atoms with Gasteiger partial charge in [-0.15, -0.1) is 0 Å². The molecule has 1 aliphatic carbocycles. The molecule has 0 amide bonds. The van der Waals surface area contributed by atoms with Gasteiger partial charge in [-0.3, -0.25) is 0 Å². The van der Waals surface area contributed by atoms with E-state index in [1.165, 1.54) is 166 Å². The Morgan fingerprint density at radius 2 is 0.969 bits per heavy atom. The molecule has 0 aromatic heterocycles. The quantitative estimate of drug-likeness (QED) is 0.111. The summed E-state index contributed by atoms with van der Waals surface area (Å²) in [5.74, 6) is 1.44. The maximum Gasteiger partial charge on any atom is 0.0982 e. The molecule has 0 spiro atoms. The van der Waals surface area contributed by atoms with Gasteiger partial charge in [0.1, 0.15) is 0 Å². The molecule has 1 fully saturated rings. The first-order chi connectivity index (χ1) is 15.8. The molecule has 0 bridgehead atoms. The largest absolute Gasteiger partial charge is 0.495 e. The van der Waals surface area contributed by atoms with Crippen molar-refractivity contribution in [1.29, 1.82) is 0 Å². The zero-order chi connectivity index (χ0) is 23.1. The summed E-state index contributed by atoms with van der Waals surface area (Å²) >= 11 is 0. The highest BCUT2D eigenvalue weighted by atomic mass is 16.5. The lowest BCUT2D eigenvalue weighted by molar-refractivity contribution is 0.0856. The Morgan fingerprint density at radius 3 is 1.44 bits per heavy atom. The van der Waals surface area contributed by atoms with Gasteiger partial charge in [-0.1, -0.05) is 117 Å². The van der Waals surface area contributed by atoms with Crippen molar-refractivity contribution in [2.45, 2.75) is 187 Å². The van der Waals surface area contributed by atoms with E-state index in [2.05, 4.69) is 20.8 Å². The molecular weight excluding hydrogens is 388 g/mol. The average Bonchev–Trinajstić information content (AvgIpc) is 3.34. The lowest BCUT2D eigenvalue weighted by Crippen LogP contribution is -2.14. The highest BCUT2D eigenvalue weighted by Gasteiger charge is 2.18. The zero-order valence-corrected chi connectivity index (χ0v) is 22.7. The van der Waals surface area contributed by atoms with Crippen LogP contribution in [-0.4, -0.2) is 6.10 Å². The summed E-state index contributed by atoms with van der Waals surface area (Å²) in [6.45, 7) is 6.93. The van der Waals surface area contributed by atoms with E-state index in [0.717, 1.165) is 0 Å². The van der Waals surface area contributed by atoms with Crippen molar-refractivity contribution in [3.8, 4) is 0 Å². The van der Waals surface area contributed by atoms with E-state index in [1.807, 2.05) is 0 Å². The van der Waals surface area contributed by atoms with Crippen molar-refractivity contribution < 1.29 is 4.74 Å². The van der Waals surface area contributed by atoms with E-state index < -0.39 is 0 Å². The minimum absolute atomic E-state index is 0.482. The van der Waals surface area contributed by atoms with E-state index in [4.69, 9.17) is 4.74 Å². The molecule has 1 saturated carbocycles. The van der Waals surface area contributed by atoms with Crippen LogP contribution in [0.25, 0.3) is 0 Å². The van der Waals surface area contributed by atoms with E-state index in [9.17, 15) is 0 Å². The van der Waals surface area contributed by atoms with Crippen LogP contribution in [0.3, 0.4) is 0 Å². The lowest BCUT2D eigenvalue weighted by atomic mass is 10.0. The van der Waals surface area contributed by atoms with Crippen molar-refractivity contribution in [3.63, 3.8) is 0 Å². The molecule has 0 aromatic rings. The summed E-state index contributed by atoms with van der Waals surface area (Å²) in [5, 5.41) is 0. The first-order valence-corrected chi connectivity index (χ1v) is 15.2. The number of allylic oxidation sites excluding steroid dienone is 2. The van der Waals surface area contributed by atoms with Gasteiger partial charge < -0.3 is 4.74 Å². The molecule has 0 atom stereocenters. The van der Waals surface area contributed by atoms with Crippen LogP contribution < -0.4 is 0 Å². The van der Waals surface area contributed by atoms with Crippen LogP contribution in [0.15, 0.2) is 11.3 Å². The topological polar surface area (TPSA) is 9.23 Å². The van der Waals surface area contributed by atoms with Crippen LogP contribution >= 0.6 is 0 Å². The first kappa shape index (κ1) is 29.6. The smallest absolute Gasteiger partial charge is 0.0982 e. The first-order valence-electron chi connectivity index (χ1n) is 15.2. The normalized spacial score (nSPS) is 13.9. The molecule has 0 heterocycles. The monoisotopic (exact) mass is 448 g/mol. The minimum atomic E-state index is 0.482. The van der Waals surface area contributed by atoms with Crippen LogP contribution in [0.5, 0.6) is 0 Å². The summed E-state index contributed by atoms with van der Waals surface area (Å²) in [6, 6.07) is 0. The van der Waals surface area contributed by atoms with Crippen molar-refractivity contribution in [2.75, 3.05) is 0 Å². The van der Waals surface area contributed by atoms with Crippen LogP contribution in [0.4, 0.5) is 0 Å².